The fourth-order valence-electron chi connectivity index (χ4n) is 2.37. The van der Waals surface area contributed by atoms with Gasteiger partial charge in [-0.25, -0.2) is 0 Å². The number of anilines is 1. The van der Waals surface area contributed by atoms with Gasteiger partial charge in [-0.3, -0.25) is 14.5 Å². The molecule has 2 amide bonds. The topological polar surface area (TPSA) is 40.6 Å². The highest BCUT2D eigenvalue weighted by molar-refractivity contribution is 6.30. The van der Waals surface area contributed by atoms with Crippen LogP contribution in [0.4, 0.5) is 5.69 Å². The number of amides is 2. The molecule has 4 nitrogen and oxygen atoms in total. The number of benzene rings is 2. The second-order valence-electron chi connectivity index (χ2n) is 4.90. The average Bonchev–Trinajstić information content (AvgIpc) is 2.51. The molecule has 0 saturated heterocycles. The van der Waals surface area contributed by atoms with Gasteiger partial charge < -0.3 is 4.90 Å². The van der Waals surface area contributed by atoms with Crippen molar-refractivity contribution in [3.05, 3.63) is 64.7 Å². The summed E-state index contributed by atoms with van der Waals surface area (Å²) < 4.78 is 0. The number of rotatable bonds is 1. The molecule has 21 heavy (non-hydrogen) atoms. The molecule has 0 saturated carbocycles. The molecular formula is C16H13ClN2O2. The largest absolute Gasteiger partial charge is 0.323 e. The Kier molecular flexibility index (Phi) is 3.39. The van der Waals surface area contributed by atoms with Crippen LogP contribution in [0.3, 0.4) is 0 Å². The molecule has 0 aliphatic carbocycles. The lowest BCUT2D eigenvalue weighted by Crippen LogP contribution is -2.47. The van der Waals surface area contributed by atoms with Crippen molar-refractivity contribution in [3.8, 4) is 0 Å². The van der Waals surface area contributed by atoms with Crippen LogP contribution in [0, 0.1) is 0 Å². The van der Waals surface area contributed by atoms with E-state index in [-0.39, 0.29) is 18.5 Å². The van der Waals surface area contributed by atoms with E-state index >= 15 is 0 Å². The average molecular weight is 301 g/mol. The van der Waals surface area contributed by atoms with Gasteiger partial charge in [0.25, 0.3) is 11.8 Å². The minimum absolute atomic E-state index is 0.0780. The fourth-order valence-corrected chi connectivity index (χ4v) is 2.50. The predicted octanol–water partition coefficient (Wildman–Crippen LogP) is 3.03. The number of carbonyl (C=O) groups excluding carboxylic acids is 2. The van der Waals surface area contributed by atoms with E-state index in [9.17, 15) is 9.59 Å². The van der Waals surface area contributed by atoms with Crippen molar-refractivity contribution in [2.45, 2.75) is 0 Å². The van der Waals surface area contributed by atoms with Crippen molar-refractivity contribution >= 4 is 29.1 Å². The number of carbonyl (C=O) groups is 2. The second-order valence-corrected chi connectivity index (χ2v) is 5.34. The van der Waals surface area contributed by atoms with Crippen LogP contribution in [0.1, 0.15) is 20.7 Å². The van der Waals surface area contributed by atoms with Crippen molar-refractivity contribution < 1.29 is 9.59 Å². The zero-order valence-electron chi connectivity index (χ0n) is 11.4. The van der Waals surface area contributed by atoms with E-state index in [2.05, 4.69) is 0 Å². The van der Waals surface area contributed by atoms with Gasteiger partial charge in [0.05, 0.1) is 11.3 Å². The minimum Gasteiger partial charge on any atom is -0.323 e. The van der Waals surface area contributed by atoms with Crippen LogP contribution in [-0.4, -0.2) is 30.4 Å². The zero-order chi connectivity index (χ0) is 15.0. The van der Waals surface area contributed by atoms with Gasteiger partial charge in [-0.2, -0.15) is 0 Å². The van der Waals surface area contributed by atoms with Gasteiger partial charge in [-0.05, 0) is 36.4 Å². The lowest BCUT2D eigenvalue weighted by atomic mass is 10.1. The van der Waals surface area contributed by atoms with E-state index in [0.717, 1.165) is 0 Å². The van der Waals surface area contributed by atoms with Crippen molar-refractivity contribution in [1.29, 1.82) is 0 Å². The van der Waals surface area contributed by atoms with E-state index in [1.54, 1.807) is 54.4 Å². The smallest absolute Gasteiger partial charge is 0.259 e. The number of nitrogens with zero attached hydrogens (tertiary/aromatic N) is 2. The quantitative estimate of drug-likeness (QED) is 0.812. The van der Waals surface area contributed by atoms with Crippen LogP contribution in [0.15, 0.2) is 48.5 Å². The van der Waals surface area contributed by atoms with Crippen molar-refractivity contribution in [3.63, 3.8) is 0 Å². The number of para-hydroxylation sites is 1. The molecule has 0 radical (unpaired) electrons. The number of hydrogen-bond donors (Lipinski definition) is 0. The maximum Gasteiger partial charge on any atom is 0.259 e. The Morgan fingerprint density at radius 1 is 1.10 bits per heavy atom. The van der Waals surface area contributed by atoms with E-state index in [4.69, 9.17) is 11.6 Å². The van der Waals surface area contributed by atoms with Gasteiger partial charge in [0, 0.05) is 17.6 Å². The molecule has 0 unspecified atom stereocenters. The summed E-state index contributed by atoms with van der Waals surface area (Å²) in [7, 11) is 1.68. The highest BCUT2D eigenvalue weighted by Crippen LogP contribution is 2.28. The predicted molar refractivity (Wildman–Crippen MR) is 81.7 cm³/mol. The maximum absolute atomic E-state index is 12.7. The summed E-state index contributed by atoms with van der Waals surface area (Å²) in [5.74, 6) is -0.232. The molecule has 0 fully saturated rings. The van der Waals surface area contributed by atoms with Gasteiger partial charge in [0.1, 0.15) is 6.67 Å². The number of fused-ring (bicyclic) bond motifs is 1. The number of halogens is 1. The summed E-state index contributed by atoms with van der Waals surface area (Å²) in [6, 6.07) is 13.9. The molecule has 5 heteroatoms. The Hall–Kier alpha value is -2.33. The van der Waals surface area contributed by atoms with Crippen molar-refractivity contribution in [2.24, 2.45) is 0 Å². The molecule has 106 valence electrons. The first-order chi connectivity index (χ1) is 10.1. The summed E-state index contributed by atoms with van der Waals surface area (Å²) in [6.07, 6.45) is 0. The molecule has 0 N–H and O–H groups in total. The highest BCUT2D eigenvalue weighted by Gasteiger charge is 2.30. The molecule has 2 aromatic carbocycles. The van der Waals surface area contributed by atoms with Crippen LogP contribution in [0.5, 0.6) is 0 Å². The standard InChI is InChI=1S/C16H13ClN2O2/c1-18-10-19(14-5-3-2-4-13(14)16(18)21)15(20)11-6-8-12(17)9-7-11/h2-9H,10H2,1H3. The number of hydrogen-bond acceptors (Lipinski definition) is 2. The third-order valence-electron chi connectivity index (χ3n) is 3.46. The molecule has 3 rings (SSSR count). The summed E-state index contributed by atoms with van der Waals surface area (Å²) in [5, 5.41) is 0.581. The van der Waals surface area contributed by atoms with Gasteiger partial charge in [0.15, 0.2) is 0 Å². The lowest BCUT2D eigenvalue weighted by Gasteiger charge is -2.34. The Morgan fingerprint density at radius 2 is 1.76 bits per heavy atom. The molecular weight excluding hydrogens is 288 g/mol. The minimum atomic E-state index is -0.154. The first-order valence-corrected chi connectivity index (χ1v) is 6.87. The van der Waals surface area contributed by atoms with Crippen molar-refractivity contribution in [1.82, 2.24) is 4.90 Å². The monoisotopic (exact) mass is 300 g/mol. The first-order valence-electron chi connectivity index (χ1n) is 6.50. The van der Waals surface area contributed by atoms with Gasteiger partial charge >= 0.3 is 0 Å². The second kappa shape index (κ2) is 5.22. The fraction of sp³-hybridized carbons (Fsp3) is 0.125. The van der Waals surface area contributed by atoms with E-state index in [1.807, 2.05) is 6.07 Å². The van der Waals surface area contributed by atoms with E-state index < -0.39 is 0 Å². The van der Waals surface area contributed by atoms with E-state index in [1.165, 1.54) is 4.90 Å². The van der Waals surface area contributed by atoms with Crippen LogP contribution >= 0.6 is 11.6 Å². The van der Waals surface area contributed by atoms with Crippen molar-refractivity contribution in [2.75, 3.05) is 18.6 Å². The maximum atomic E-state index is 12.7. The molecule has 1 heterocycles. The van der Waals surface area contributed by atoms with Gasteiger partial charge in [-0.15, -0.1) is 0 Å². The van der Waals surface area contributed by atoms with Crippen LogP contribution in [-0.2, 0) is 0 Å². The Balaban J connectivity index is 2.02. The highest BCUT2D eigenvalue weighted by atomic mass is 35.5. The molecule has 0 bridgehead atoms. The van der Waals surface area contributed by atoms with Crippen LogP contribution in [0.25, 0.3) is 0 Å². The normalized spacial score (nSPS) is 14.1. The summed E-state index contributed by atoms with van der Waals surface area (Å²) >= 11 is 5.85. The van der Waals surface area contributed by atoms with Gasteiger partial charge in [0.2, 0.25) is 0 Å². The summed E-state index contributed by atoms with van der Waals surface area (Å²) in [5.41, 5.74) is 1.71. The molecule has 0 atom stereocenters. The third-order valence-corrected chi connectivity index (χ3v) is 3.71. The SMILES string of the molecule is CN1CN(C(=O)c2ccc(Cl)cc2)c2ccccc2C1=O. The Bertz CT molecular complexity index is 712. The molecule has 2 aromatic rings. The van der Waals surface area contributed by atoms with Gasteiger partial charge in [-0.1, -0.05) is 23.7 Å². The van der Waals surface area contributed by atoms with E-state index in [0.29, 0.717) is 21.8 Å². The third kappa shape index (κ3) is 2.38. The summed E-state index contributed by atoms with van der Waals surface area (Å²) in [4.78, 5) is 27.9. The van der Waals surface area contributed by atoms with Crippen LogP contribution < -0.4 is 4.90 Å². The Morgan fingerprint density at radius 3 is 2.48 bits per heavy atom. The lowest BCUT2D eigenvalue weighted by molar-refractivity contribution is 0.0769. The molecule has 0 aromatic heterocycles. The first kappa shape index (κ1) is 13.6. The Labute approximate surface area is 127 Å². The molecule has 0 spiro atoms. The molecule has 1 aliphatic rings. The zero-order valence-corrected chi connectivity index (χ0v) is 12.2. The molecule has 1 aliphatic heterocycles. The summed E-state index contributed by atoms with van der Waals surface area (Å²) in [6.45, 7) is 0.233. The van der Waals surface area contributed by atoms with Crippen LogP contribution in [0.2, 0.25) is 5.02 Å².